The zero-order valence-corrected chi connectivity index (χ0v) is 23.6. The SMILES string of the molecule is CN1CCN(C(=O)OCOC(C(=O)OC2CC3CCC(C2)[N+]32CCCC2)(c2ccccc2)c2ccccc2)CC1. The lowest BCUT2D eigenvalue weighted by Gasteiger charge is -2.47. The van der Waals surface area contributed by atoms with Crippen LogP contribution >= 0.6 is 0 Å². The van der Waals surface area contributed by atoms with Gasteiger partial charge in [-0.05, 0) is 18.2 Å². The number of likely N-dealkylation sites (N-methyl/N-ethyl adjacent to an activating group) is 1. The van der Waals surface area contributed by atoms with Gasteiger partial charge in [0.25, 0.3) is 0 Å². The van der Waals surface area contributed by atoms with E-state index in [0.29, 0.717) is 36.3 Å². The maximum absolute atomic E-state index is 14.4. The van der Waals surface area contributed by atoms with Crippen LogP contribution in [0.15, 0.2) is 60.7 Å². The molecular formula is C32H42N3O5+. The highest BCUT2D eigenvalue weighted by Gasteiger charge is 2.57. The molecule has 2 unspecified atom stereocenters. The zero-order valence-electron chi connectivity index (χ0n) is 23.6. The van der Waals surface area contributed by atoms with Crippen molar-refractivity contribution in [3.63, 3.8) is 0 Å². The Kier molecular flexibility index (Phi) is 7.84. The standard InChI is InChI=1S/C32H42N3O5/c1-33-16-18-34(19-17-33)31(37)38-24-39-32(25-10-4-2-5-11-25,26-12-6-3-7-13-26)30(36)40-29-22-27-14-15-28(23-29)35(27)20-8-9-21-35/h2-7,10-13,27-29H,8-9,14-24H2,1H3/q+1. The summed E-state index contributed by atoms with van der Waals surface area (Å²) in [6.45, 7) is 4.98. The summed E-state index contributed by atoms with van der Waals surface area (Å²) in [4.78, 5) is 31.1. The van der Waals surface area contributed by atoms with E-state index < -0.39 is 17.7 Å². The van der Waals surface area contributed by atoms with Crippen molar-refractivity contribution in [2.24, 2.45) is 0 Å². The van der Waals surface area contributed by atoms with Gasteiger partial charge in [-0.1, -0.05) is 60.7 Å². The molecule has 4 fully saturated rings. The van der Waals surface area contributed by atoms with Crippen molar-refractivity contribution in [1.82, 2.24) is 9.80 Å². The van der Waals surface area contributed by atoms with Crippen LogP contribution in [0.5, 0.6) is 0 Å². The Morgan fingerprint density at radius 1 is 0.850 bits per heavy atom. The Hall–Kier alpha value is -2.94. The lowest BCUT2D eigenvalue weighted by Crippen LogP contribution is -2.60. The van der Waals surface area contributed by atoms with Gasteiger partial charge in [0.15, 0.2) is 6.79 Å². The number of benzene rings is 2. The molecule has 8 nitrogen and oxygen atoms in total. The second-order valence-electron chi connectivity index (χ2n) is 12.0. The number of quaternary nitrogens is 1. The number of carbonyl (C=O) groups is 2. The fraction of sp³-hybridized carbons (Fsp3) is 0.562. The molecule has 0 aromatic heterocycles. The molecule has 2 aromatic rings. The first kappa shape index (κ1) is 27.2. The quantitative estimate of drug-likeness (QED) is 0.294. The molecule has 2 bridgehead atoms. The molecule has 8 heteroatoms. The summed E-state index contributed by atoms with van der Waals surface area (Å²) in [6, 6.07) is 20.1. The summed E-state index contributed by atoms with van der Waals surface area (Å²) in [5, 5.41) is 0. The number of piperidine rings is 1. The third-order valence-electron chi connectivity index (χ3n) is 9.90. The first-order valence-corrected chi connectivity index (χ1v) is 14.9. The van der Waals surface area contributed by atoms with Gasteiger partial charge in [-0.25, -0.2) is 9.59 Å². The van der Waals surface area contributed by atoms with Gasteiger partial charge in [0.2, 0.25) is 5.60 Å². The van der Waals surface area contributed by atoms with E-state index in [-0.39, 0.29) is 12.9 Å². The number of amides is 1. The summed E-state index contributed by atoms with van der Waals surface area (Å²) in [6.07, 6.45) is 6.30. The smallest absolute Gasteiger partial charge is 0.411 e. The predicted octanol–water partition coefficient (Wildman–Crippen LogP) is 4.14. The minimum atomic E-state index is -1.55. The average Bonchev–Trinajstić information content (AvgIpc) is 3.53. The summed E-state index contributed by atoms with van der Waals surface area (Å²) in [5.74, 6) is -0.445. The van der Waals surface area contributed by atoms with Gasteiger partial charge < -0.3 is 28.5 Å². The summed E-state index contributed by atoms with van der Waals surface area (Å²) in [5.41, 5.74) is -0.242. The van der Waals surface area contributed by atoms with Crippen molar-refractivity contribution >= 4 is 12.1 Å². The molecule has 214 valence electrons. The third kappa shape index (κ3) is 5.01. The number of carbonyl (C=O) groups excluding carboxylic acids is 2. The van der Waals surface area contributed by atoms with E-state index in [1.54, 1.807) is 4.90 Å². The lowest BCUT2D eigenvalue weighted by atomic mass is 9.85. The van der Waals surface area contributed by atoms with Gasteiger partial charge in [-0.15, -0.1) is 0 Å². The molecule has 0 saturated carbocycles. The number of esters is 1. The van der Waals surface area contributed by atoms with E-state index in [2.05, 4.69) is 4.90 Å². The van der Waals surface area contributed by atoms with Crippen LogP contribution in [0.2, 0.25) is 0 Å². The maximum atomic E-state index is 14.4. The highest BCUT2D eigenvalue weighted by molar-refractivity contribution is 5.86. The second-order valence-corrected chi connectivity index (χ2v) is 12.0. The van der Waals surface area contributed by atoms with Crippen LogP contribution in [0.3, 0.4) is 0 Å². The number of nitrogens with zero attached hydrogens (tertiary/aromatic N) is 3. The van der Waals surface area contributed by atoms with E-state index >= 15 is 0 Å². The van der Waals surface area contributed by atoms with Crippen LogP contribution < -0.4 is 0 Å². The molecular weight excluding hydrogens is 506 g/mol. The van der Waals surface area contributed by atoms with Crippen LogP contribution in [-0.4, -0.2) is 97.6 Å². The molecule has 6 rings (SSSR count). The molecule has 4 saturated heterocycles. The van der Waals surface area contributed by atoms with E-state index in [1.165, 1.54) is 43.3 Å². The van der Waals surface area contributed by atoms with Crippen molar-refractivity contribution in [3.8, 4) is 0 Å². The molecule has 0 radical (unpaired) electrons. The fourth-order valence-electron chi connectivity index (χ4n) is 7.76. The van der Waals surface area contributed by atoms with Gasteiger partial charge in [0.05, 0.1) is 25.2 Å². The molecule has 2 atom stereocenters. The minimum absolute atomic E-state index is 0.141. The van der Waals surface area contributed by atoms with Crippen LogP contribution in [0.25, 0.3) is 0 Å². The Balaban J connectivity index is 1.24. The first-order chi connectivity index (χ1) is 19.5. The van der Waals surface area contributed by atoms with E-state index in [4.69, 9.17) is 14.2 Å². The van der Waals surface area contributed by atoms with E-state index in [1.807, 2.05) is 67.7 Å². The number of piperazine rings is 1. The van der Waals surface area contributed by atoms with E-state index in [0.717, 1.165) is 25.9 Å². The monoisotopic (exact) mass is 548 g/mol. The second kappa shape index (κ2) is 11.5. The van der Waals surface area contributed by atoms with Crippen molar-refractivity contribution in [2.45, 2.75) is 62.3 Å². The van der Waals surface area contributed by atoms with Gasteiger partial charge in [0.1, 0.15) is 6.10 Å². The molecule has 4 aliphatic heterocycles. The maximum Gasteiger partial charge on any atom is 0.411 e. The molecule has 0 aliphatic carbocycles. The largest absolute Gasteiger partial charge is 0.459 e. The minimum Gasteiger partial charge on any atom is -0.459 e. The highest BCUT2D eigenvalue weighted by Crippen LogP contribution is 2.47. The lowest BCUT2D eigenvalue weighted by molar-refractivity contribution is -0.956. The van der Waals surface area contributed by atoms with Crippen molar-refractivity contribution in [2.75, 3.05) is 53.1 Å². The third-order valence-corrected chi connectivity index (χ3v) is 9.90. The topological polar surface area (TPSA) is 68.3 Å². The Morgan fingerprint density at radius 3 is 1.95 bits per heavy atom. The number of hydrogen-bond acceptors (Lipinski definition) is 6. The molecule has 4 aliphatic rings. The summed E-state index contributed by atoms with van der Waals surface area (Å²) >= 11 is 0. The Labute approximate surface area is 237 Å². The van der Waals surface area contributed by atoms with Crippen molar-refractivity contribution < 1.29 is 28.3 Å². The van der Waals surface area contributed by atoms with Gasteiger partial charge in [-0.3, -0.25) is 0 Å². The van der Waals surface area contributed by atoms with Crippen molar-refractivity contribution in [1.29, 1.82) is 0 Å². The molecule has 0 N–H and O–H groups in total. The van der Waals surface area contributed by atoms with Gasteiger partial charge >= 0.3 is 12.1 Å². The summed E-state index contributed by atoms with van der Waals surface area (Å²) in [7, 11) is 2.04. The van der Waals surface area contributed by atoms with Gasteiger partial charge in [0, 0.05) is 64.7 Å². The summed E-state index contributed by atoms with van der Waals surface area (Å²) < 4.78 is 19.6. The normalized spacial score (nSPS) is 26.1. The van der Waals surface area contributed by atoms with E-state index in [9.17, 15) is 9.59 Å². The van der Waals surface area contributed by atoms with Crippen LogP contribution in [-0.2, 0) is 24.6 Å². The average molecular weight is 549 g/mol. The van der Waals surface area contributed by atoms with Crippen LogP contribution in [0.1, 0.15) is 49.7 Å². The molecule has 1 spiro atoms. The molecule has 4 heterocycles. The number of rotatable bonds is 7. The predicted molar refractivity (Wildman–Crippen MR) is 150 cm³/mol. The molecule has 2 aromatic carbocycles. The molecule has 1 amide bonds. The van der Waals surface area contributed by atoms with Crippen LogP contribution in [0.4, 0.5) is 4.79 Å². The van der Waals surface area contributed by atoms with Crippen LogP contribution in [0, 0.1) is 0 Å². The zero-order chi connectivity index (χ0) is 27.6. The van der Waals surface area contributed by atoms with Gasteiger partial charge in [-0.2, -0.15) is 0 Å². The Bertz CT molecular complexity index is 1110. The number of ether oxygens (including phenoxy) is 3. The number of hydrogen-bond donors (Lipinski definition) is 0. The fourth-order valence-corrected chi connectivity index (χ4v) is 7.76. The Morgan fingerprint density at radius 2 is 1.40 bits per heavy atom. The molecule has 40 heavy (non-hydrogen) atoms. The highest BCUT2D eigenvalue weighted by atomic mass is 16.7. The van der Waals surface area contributed by atoms with Crippen molar-refractivity contribution in [3.05, 3.63) is 71.8 Å². The first-order valence-electron chi connectivity index (χ1n) is 14.9.